The van der Waals surface area contributed by atoms with Crippen molar-refractivity contribution in [3.8, 4) is 0 Å². The second kappa shape index (κ2) is 6.90. The predicted molar refractivity (Wildman–Crippen MR) is 81.9 cm³/mol. The molecule has 0 unspecified atom stereocenters. The number of hydrogen-bond acceptors (Lipinski definition) is 3. The van der Waals surface area contributed by atoms with Crippen molar-refractivity contribution in [2.75, 3.05) is 31.1 Å². The maximum absolute atomic E-state index is 4.69. The van der Waals surface area contributed by atoms with E-state index in [9.17, 15) is 0 Å². The van der Waals surface area contributed by atoms with E-state index in [-0.39, 0.29) is 0 Å². The third kappa shape index (κ3) is 3.69. The van der Waals surface area contributed by atoms with E-state index in [0.717, 1.165) is 39.0 Å². The molecule has 0 atom stereocenters. The highest BCUT2D eigenvalue weighted by molar-refractivity contribution is 5.51. The zero-order valence-corrected chi connectivity index (χ0v) is 12.6. The minimum absolute atomic E-state index is 0.703. The molecule has 1 aliphatic heterocycles. The van der Waals surface area contributed by atoms with Gasteiger partial charge in [-0.25, -0.2) is 4.98 Å². The SMILES string of the molecule is CCCc1c(CC(C)C)ccnc1N1CCNCC1. The Morgan fingerprint density at radius 3 is 2.68 bits per heavy atom. The fraction of sp³-hybridized carbons (Fsp3) is 0.688. The number of piperazine rings is 1. The van der Waals surface area contributed by atoms with Gasteiger partial charge in [0, 0.05) is 32.4 Å². The van der Waals surface area contributed by atoms with Gasteiger partial charge in [0.1, 0.15) is 5.82 Å². The van der Waals surface area contributed by atoms with Crippen molar-refractivity contribution >= 4 is 5.82 Å². The third-order valence-corrected chi connectivity index (χ3v) is 3.67. The summed E-state index contributed by atoms with van der Waals surface area (Å²) in [6, 6.07) is 2.22. The first-order valence-corrected chi connectivity index (χ1v) is 7.64. The molecule has 1 aliphatic rings. The van der Waals surface area contributed by atoms with Gasteiger partial charge in [-0.05, 0) is 36.0 Å². The molecule has 0 spiro atoms. The van der Waals surface area contributed by atoms with Gasteiger partial charge in [-0.3, -0.25) is 0 Å². The highest BCUT2D eigenvalue weighted by Crippen LogP contribution is 2.25. The van der Waals surface area contributed by atoms with E-state index in [1.807, 2.05) is 6.20 Å². The summed E-state index contributed by atoms with van der Waals surface area (Å²) in [5.41, 5.74) is 2.99. The van der Waals surface area contributed by atoms with Gasteiger partial charge in [-0.1, -0.05) is 27.2 Å². The molecule has 1 N–H and O–H groups in total. The summed E-state index contributed by atoms with van der Waals surface area (Å²) in [7, 11) is 0. The van der Waals surface area contributed by atoms with Crippen LogP contribution in [0, 0.1) is 5.92 Å². The zero-order valence-electron chi connectivity index (χ0n) is 12.6. The number of rotatable bonds is 5. The van der Waals surface area contributed by atoms with Gasteiger partial charge in [-0.2, -0.15) is 0 Å². The molecule has 0 saturated carbocycles. The summed E-state index contributed by atoms with van der Waals surface area (Å²) < 4.78 is 0. The van der Waals surface area contributed by atoms with Crippen LogP contribution in [-0.2, 0) is 12.8 Å². The first-order chi connectivity index (χ1) is 9.22. The Morgan fingerprint density at radius 1 is 1.32 bits per heavy atom. The lowest BCUT2D eigenvalue weighted by atomic mass is 9.96. The van der Waals surface area contributed by atoms with Crippen molar-refractivity contribution in [3.05, 3.63) is 23.4 Å². The molecular formula is C16H27N3. The van der Waals surface area contributed by atoms with Crippen LogP contribution < -0.4 is 10.2 Å². The van der Waals surface area contributed by atoms with Crippen molar-refractivity contribution in [1.29, 1.82) is 0 Å². The smallest absolute Gasteiger partial charge is 0.132 e. The first kappa shape index (κ1) is 14.3. The third-order valence-electron chi connectivity index (χ3n) is 3.67. The molecule has 1 saturated heterocycles. The van der Waals surface area contributed by atoms with Gasteiger partial charge in [0.05, 0.1) is 0 Å². The fourth-order valence-electron chi connectivity index (χ4n) is 2.82. The van der Waals surface area contributed by atoms with Crippen LogP contribution in [0.3, 0.4) is 0 Å². The van der Waals surface area contributed by atoms with Crippen LogP contribution >= 0.6 is 0 Å². The first-order valence-electron chi connectivity index (χ1n) is 7.64. The Balaban J connectivity index is 2.29. The molecule has 0 aliphatic carbocycles. The second-order valence-corrected chi connectivity index (χ2v) is 5.86. The zero-order chi connectivity index (χ0) is 13.7. The van der Waals surface area contributed by atoms with Crippen LogP contribution in [-0.4, -0.2) is 31.2 Å². The van der Waals surface area contributed by atoms with E-state index in [4.69, 9.17) is 0 Å². The molecule has 0 amide bonds. The molecule has 0 bridgehead atoms. The summed E-state index contributed by atoms with van der Waals surface area (Å²) in [6.45, 7) is 11.1. The number of anilines is 1. The molecule has 2 rings (SSSR count). The minimum atomic E-state index is 0.703. The molecule has 19 heavy (non-hydrogen) atoms. The molecule has 1 aromatic heterocycles. The van der Waals surface area contributed by atoms with Crippen LogP contribution in [0.1, 0.15) is 38.3 Å². The van der Waals surface area contributed by atoms with Gasteiger partial charge >= 0.3 is 0 Å². The monoisotopic (exact) mass is 261 g/mol. The molecule has 0 aromatic carbocycles. The van der Waals surface area contributed by atoms with Crippen molar-refractivity contribution < 1.29 is 0 Å². The van der Waals surface area contributed by atoms with Crippen molar-refractivity contribution in [2.45, 2.75) is 40.0 Å². The van der Waals surface area contributed by atoms with Gasteiger partial charge in [0.2, 0.25) is 0 Å². The summed E-state index contributed by atoms with van der Waals surface area (Å²) >= 11 is 0. The Labute approximate surface area is 117 Å². The molecule has 1 fully saturated rings. The molecule has 3 nitrogen and oxygen atoms in total. The number of nitrogens with one attached hydrogen (secondary N) is 1. The van der Waals surface area contributed by atoms with Gasteiger partial charge < -0.3 is 10.2 Å². The molecule has 3 heteroatoms. The lowest BCUT2D eigenvalue weighted by Gasteiger charge is -2.31. The van der Waals surface area contributed by atoms with E-state index in [2.05, 4.69) is 42.0 Å². The molecule has 2 heterocycles. The number of aromatic nitrogens is 1. The highest BCUT2D eigenvalue weighted by Gasteiger charge is 2.17. The number of hydrogen-bond donors (Lipinski definition) is 1. The lowest BCUT2D eigenvalue weighted by Crippen LogP contribution is -2.44. The fourth-order valence-corrected chi connectivity index (χ4v) is 2.82. The maximum atomic E-state index is 4.69. The summed E-state index contributed by atoms with van der Waals surface area (Å²) in [6.07, 6.45) is 5.50. The number of nitrogens with zero attached hydrogens (tertiary/aromatic N) is 2. The minimum Gasteiger partial charge on any atom is -0.354 e. The van der Waals surface area contributed by atoms with Crippen molar-refractivity contribution in [3.63, 3.8) is 0 Å². The normalized spacial score (nSPS) is 16.1. The molecule has 1 aromatic rings. The van der Waals surface area contributed by atoms with Crippen LogP contribution in [0.15, 0.2) is 12.3 Å². The molecular weight excluding hydrogens is 234 g/mol. The largest absolute Gasteiger partial charge is 0.354 e. The Bertz CT molecular complexity index is 395. The lowest BCUT2D eigenvalue weighted by molar-refractivity contribution is 0.581. The van der Waals surface area contributed by atoms with Crippen molar-refractivity contribution in [2.24, 2.45) is 5.92 Å². The average Bonchev–Trinajstić information content (AvgIpc) is 2.41. The summed E-state index contributed by atoms with van der Waals surface area (Å²) in [5, 5.41) is 3.41. The van der Waals surface area contributed by atoms with Crippen LogP contribution in [0.4, 0.5) is 5.82 Å². The van der Waals surface area contributed by atoms with Crippen LogP contribution in [0.25, 0.3) is 0 Å². The highest BCUT2D eigenvalue weighted by atomic mass is 15.2. The maximum Gasteiger partial charge on any atom is 0.132 e. The van der Waals surface area contributed by atoms with Crippen LogP contribution in [0.5, 0.6) is 0 Å². The van der Waals surface area contributed by atoms with E-state index in [0.29, 0.717) is 5.92 Å². The van der Waals surface area contributed by atoms with Gasteiger partial charge in [0.25, 0.3) is 0 Å². The molecule has 0 radical (unpaired) electrons. The average molecular weight is 261 g/mol. The van der Waals surface area contributed by atoms with Gasteiger partial charge in [0.15, 0.2) is 0 Å². The quantitative estimate of drug-likeness (QED) is 0.883. The topological polar surface area (TPSA) is 28.2 Å². The predicted octanol–water partition coefficient (Wildman–Crippen LogP) is 2.64. The Morgan fingerprint density at radius 2 is 2.05 bits per heavy atom. The number of pyridine rings is 1. The summed E-state index contributed by atoms with van der Waals surface area (Å²) in [4.78, 5) is 7.14. The summed E-state index contributed by atoms with van der Waals surface area (Å²) in [5.74, 6) is 1.94. The van der Waals surface area contributed by atoms with E-state index < -0.39 is 0 Å². The van der Waals surface area contributed by atoms with E-state index in [1.54, 1.807) is 0 Å². The van der Waals surface area contributed by atoms with E-state index in [1.165, 1.54) is 23.4 Å². The Hall–Kier alpha value is -1.09. The Kier molecular flexibility index (Phi) is 5.20. The molecule has 106 valence electrons. The van der Waals surface area contributed by atoms with E-state index >= 15 is 0 Å². The second-order valence-electron chi connectivity index (χ2n) is 5.86. The van der Waals surface area contributed by atoms with Crippen molar-refractivity contribution in [1.82, 2.24) is 10.3 Å². The standard InChI is InChI=1S/C16H27N3/c1-4-5-15-14(12-13(2)3)6-7-18-16(15)19-10-8-17-9-11-19/h6-7,13,17H,4-5,8-12H2,1-3H3. The van der Waals surface area contributed by atoms with Gasteiger partial charge in [-0.15, -0.1) is 0 Å². The van der Waals surface area contributed by atoms with Crippen LogP contribution in [0.2, 0.25) is 0 Å².